The number of anilines is 1. The summed E-state index contributed by atoms with van der Waals surface area (Å²) in [5, 5.41) is 7.21. The van der Waals surface area contributed by atoms with Gasteiger partial charge in [0, 0.05) is 25.7 Å². The molecule has 4 heterocycles. The molecule has 3 atom stereocenters. The largest absolute Gasteiger partial charge is 0.485 e. The summed E-state index contributed by atoms with van der Waals surface area (Å²) in [6.07, 6.45) is -2.17. The second kappa shape index (κ2) is 12.3. The van der Waals surface area contributed by atoms with Crippen molar-refractivity contribution < 1.29 is 40.5 Å². The number of rotatable bonds is 11. The number of halogens is 4. The molecule has 4 rings (SSSR count). The summed E-state index contributed by atoms with van der Waals surface area (Å²) >= 11 is 5.89. The van der Waals surface area contributed by atoms with Crippen LogP contribution in [0.15, 0.2) is 24.7 Å². The highest BCUT2D eigenvalue weighted by Crippen LogP contribution is 2.41. The van der Waals surface area contributed by atoms with Gasteiger partial charge in [-0.3, -0.25) is 9.29 Å². The number of aromatic nitrogens is 6. The number of nitrogens with zero attached hydrogens (tertiary/aromatic N) is 6. The Morgan fingerprint density at radius 1 is 1.20 bits per heavy atom. The van der Waals surface area contributed by atoms with Crippen LogP contribution in [-0.2, 0) is 19.5 Å². The van der Waals surface area contributed by atoms with Gasteiger partial charge in [0.1, 0.15) is 18.0 Å². The first-order chi connectivity index (χ1) is 19.3. The molecule has 0 spiro atoms. The number of sulfonamides is 1. The number of hydrogen-bond acceptors (Lipinski definition) is 11. The fourth-order valence-corrected chi connectivity index (χ4v) is 5.17. The Bertz CT molecular complexity index is 1460. The van der Waals surface area contributed by atoms with Gasteiger partial charge in [-0.05, 0) is 26.8 Å². The molecule has 0 aliphatic carbocycles. The summed E-state index contributed by atoms with van der Waals surface area (Å²) in [5.74, 6) is -0.475. The molecule has 0 aromatic carbocycles. The number of alkyl halides is 3. The van der Waals surface area contributed by atoms with Crippen molar-refractivity contribution in [3.8, 4) is 23.0 Å². The number of methoxy groups -OCH3 is 1. The van der Waals surface area contributed by atoms with E-state index < -0.39 is 46.1 Å². The van der Waals surface area contributed by atoms with E-state index in [1.807, 2.05) is 0 Å². The lowest BCUT2D eigenvalue weighted by Crippen LogP contribution is -2.35. The molecule has 41 heavy (non-hydrogen) atoms. The molecule has 13 nitrogen and oxygen atoms in total. The van der Waals surface area contributed by atoms with Crippen molar-refractivity contribution in [1.82, 2.24) is 29.7 Å². The maximum atomic E-state index is 13.6. The normalized spacial score (nSPS) is 16.8. The summed E-state index contributed by atoms with van der Waals surface area (Å²) < 4.78 is 91.4. The predicted molar refractivity (Wildman–Crippen MR) is 139 cm³/mol. The van der Waals surface area contributed by atoms with Gasteiger partial charge in [-0.1, -0.05) is 11.6 Å². The molecular formula is C23H27ClF3N7O6S. The molecule has 0 radical (unpaired) electrons. The van der Waals surface area contributed by atoms with Gasteiger partial charge < -0.3 is 18.9 Å². The van der Waals surface area contributed by atoms with Gasteiger partial charge in [-0.2, -0.15) is 13.2 Å². The quantitative estimate of drug-likeness (QED) is 0.334. The fraction of sp³-hybridized carbons (Fsp3) is 0.522. The monoisotopic (exact) mass is 621 g/mol. The Morgan fingerprint density at radius 3 is 2.54 bits per heavy atom. The molecule has 18 heteroatoms. The van der Waals surface area contributed by atoms with Crippen molar-refractivity contribution in [2.24, 2.45) is 0 Å². The van der Waals surface area contributed by atoms with E-state index in [4.69, 9.17) is 30.5 Å². The van der Waals surface area contributed by atoms with Crippen LogP contribution in [-0.4, -0.2) is 82.6 Å². The summed E-state index contributed by atoms with van der Waals surface area (Å²) in [6, 6.07) is 0.750. The first kappa shape index (κ1) is 30.7. The second-order valence-electron chi connectivity index (χ2n) is 9.25. The maximum Gasteiger partial charge on any atom is 0.422 e. The Balaban J connectivity index is 1.71. The fourth-order valence-electron chi connectivity index (χ4n) is 3.98. The average molecular weight is 622 g/mol. The molecule has 0 amide bonds. The first-order valence-electron chi connectivity index (χ1n) is 12.2. The average Bonchev–Trinajstić information content (AvgIpc) is 3.23. The highest BCUT2D eigenvalue weighted by atomic mass is 35.5. The third kappa shape index (κ3) is 7.14. The minimum absolute atomic E-state index is 0.0210. The first-order valence-corrected chi connectivity index (χ1v) is 14.1. The van der Waals surface area contributed by atoms with E-state index in [1.54, 1.807) is 13.8 Å². The van der Waals surface area contributed by atoms with Gasteiger partial charge in [0.2, 0.25) is 16.0 Å². The van der Waals surface area contributed by atoms with Gasteiger partial charge in [0.05, 0.1) is 29.3 Å². The predicted octanol–water partition coefficient (Wildman–Crippen LogP) is 3.60. The third-order valence-corrected chi connectivity index (χ3v) is 7.68. The summed E-state index contributed by atoms with van der Waals surface area (Å²) in [5.41, 5.74) is 0.192. The van der Waals surface area contributed by atoms with Crippen molar-refractivity contribution in [2.45, 2.75) is 50.4 Å². The van der Waals surface area contributed by atoms with Crippen molar-refractivity contribution in [2.75, 3.05) is 31.7 Å². The van der Waals surface area contributed by atoms with Crippen molar-refractivity contribution in [3.63, 3.8) is 0 Å². The van der Waals surface area contributed by atoms with E-state index in [0.717, 1.165) is 0 Å². The number of ether oxygens (including phenoxy) is 4. The zero-order valence-electron chi connectivity index (χ0n) is 22.3. The molecule has 1 aliphatic rings. The summed E-state index contributed by atoms with van der Waals surface area (Å²) in [6.45, 7) is 3.18. The topological polar surface area (TPSA) is 152 Å². The molecule has 0 saturated heterocycles. The minimum Gasteiger partial charge on any atom is -0.485 e. The molecule has 0 unspecified atom stereocenters. The van der Waals surface area contributed by atoms with Gasteiger partial charge in [-0.25, -0.2) is 23.4 Å². The SMILES string of the molecule is COC[C@@H]1COc2c(ccnc2OCC(F)(F)F)-c2nnc(NS(=O)(=O)[C@@H](C)[C@@H](OC(C)C)c3ncc(Cl)cn3)n21. The standard InChI is InChI=1S/C23H27ClF3N7O6S/c1-12(2)40-17(19-29-7-14(24)8-30-19)13(3)41(35,36)33-22-32-31-20-16-5-6-28-21(39-11-23(25,26)27)18(16)38-10-15(9-37-4)34(20)22/h5-8,12-13,15,17H,9-11H2,1-4H3,(H,32,33)/t13-,15+,17+/m0/s1. The van der Waals surface area contributed by atoms with Crippen LogP contribution in [0.4, 0.5) is 19.1 Å². The molecule has 3 aromatic rings. The Morgan fingerprint density at radius 2 is 1.90 bits per heavy atom. The lowest BCUT2D eigenvalue weighted by Gasteiger charge is -2.26. The second-order valence-corrected chi connectivity index (χ2v) is 11.7. The summed E-state index contributed by atoms with van der Waals surface area (Å²) in [7, 11) is -2.81. The molecule has 0 bridgehead atoms. The highest BCUT2D eigenvalue weighted by Gasteiger charge is 2.38. The van der Waals surface area contributed by atoms with Crippen LogP contribution in [0.1, 0.15) is 38.7 Å². The van der Waals surface area contributed by atoms with Crippen molar-refractivity contribution in [3.05, 3.63) is 35.5 Å². The van der Waals surface area contributed by atoms with E-state index in [2.05, 4.69) is 29.9 Å². The van der Waals surface area contributed by atoms with Gasteiger partial charge in [0.25, 0.3) is 5.88 Å². The van der Waals surface area contributed by atoms with Crippen LogP contribution in [0.25, 0.3) is 11.4 Å². The number of nitrogens with one attached hydrogen (secondary N) is 1. The molecule has 3 aromatic heterocycles. The zero-order chi connectivity index (χ0) is 29.9. The van der Waals surface area contributed by atoms with Crippen LogP contribution in [0.5, 0.6) is 11.6 Å². The van der Waals surface area contributed by atoms with Gasteiger partial charge >= 0.3 is 6.18 Å². The van der Waals surface area contributed by atoms with E-state index in [1.165, 1.54) is 43.3 Å². The van der Waals surface area contributed by atoms with Crippen LogP contribution < -0.4 is 14.2 Å². The number of pyridine rings is 1. The zero-order valence-corrected chi connectivity index (χ0v) is 23.9. The number of hydrogen-bond donors (Lipinski definition) is 1. The Labute approximate surface area is 238 Å². The molecule has 0 saturated carbocycles. The molecule has 224 valence electrons. The Hall–Kier alpha value is -3.28. The third-order valence-electron chi connectivity index (χ3n) is 5.79. The van der Waals surface area contributed by atoms with E-state index >= 15 is 0 Å². The summed E-state index contributed by atoms with van der Waals surface area (Å²) in [4.78, 5) is 12.1. The molecule has 0 fully saturated rings. The lowest BCUT2D eigenvalue weighted by atomic mass is 10.2. The minimum atomic E-state index is -4.61. The van der Waals surface area contributed by atoms with Crippen LogP contribution in [0.2, 0.25) is 5.02 Å². The van der Waals surface area contributed by atoms with Crippen LogP contribution in [0.3, 0.4) is 0 Å². The van der Waals surface area contributed by atoms with E-state index in [-0.39, 0.29) is 53.3 Å². The van der Waals surface area contributed by atoms with Crippen LogP contribution in [0, 0.1) is 0 Å². The van der Waals surface area contributed by atoms with Crippen molar-refractivity contribution in [1.29, 1.82) is 0 Å². The van der Waals surface area contributed by atoms with E-state index in [9.17, 15) is 21.6 Å². The van der Waals surface area contributed by atoms with Gasteiger partial charge in [0.15, 0.2) is 24.0 Å². The molecular weight excluding hydrogens is 595 g/mol. The van der Waals surface area contributed by atoms with Gasteiger partial charge in [-0.15, -0.1) is 10.2 Å². The highest BCUT2D eigenvalue weighted by molar-refractivity contribution is 7.93. The van der Waals surface area contributed by atoms with E-state index in [0.29, 0.717) is 0 Å². The molecule has 1 aliphatic heterocycles. The Kier molecular flexibility index (Phi) is 9.20. The smallest absolute Gasteiger partial charge is 0.422 e. The maximum absolute atomic E-state index is 13.6. The van der Waals surface area contributed by atoms with Crippen molar-refractivity contribution >= 4 is 27.6 Å². The lowest BCUT2D eigenvalue weighted by molar-refractivity contribution is -0.154. The molecule has 1 N–H and O–H groups in total. The van der Waals surface area contributed by atoms with Crippen LogP contribution >= 0.6 is 11.6 Å². The number of fused-ring (bicyclic) bond motifs is 3.